The average molecular weight is 239 g/mol. The van der Waals surface area contributed by atoms with Crippen LogP contribution in [0, 0.1) is 0 Å². The van der Waals surface area contributed by atoms with Gasteiger partial charge in [0.05, 0.1) is 0 Å². The van der Waals surface area contributed by atoms with Gasteiger partial charge in [-0.05, 0) is 10.8 Å². The van der Waals surface area contributed by atoms with E-state index < -0.39 is 5.97 Å². The number of aromatic carboxylic acids is 1. The molecule has 0 aliphatic heterocycles. The topological polar surface area (TPSA) is 63.3 Å². The molecule has 0 aliphatic carbocycles. The highest BCUT2D eigenvalue weighted by Crippen LogP contribution is 2.29. The van der Waals surface area contributed by atoms with Crippen LogP contribution >= 0.6 is 0 Å². The number of rotatable bonds is 2. The Balaban J connectivity index is 2.32. The van der Waals surface area contributed by atoms with Crippen LogP contribution in [0.25, 0.3) is 22.0 Å². The van der Waals surface area contributed by atoms with Gasteiger partial charge >= 0.3 is 5.97 Å². The summed E-state index contributed by atoms with van der Waals surface area (Å²) in [7, 11) is 0. The molecule has 0 fully saturated rings. The van der Waals surface area contributed by atoms with Crippen molar-refractivity contribution in [1.82, 2.24) is 5.16 Å². The standard InChI is InChI=1S/C14H9NO3/c16-14(17)12-8-18-15-13(12)11-7-3-5-9-4-1-2-6-10(9)11/h1-8H,(H,16,17). The fourth-order valence-corrected chi connectivity index (χ4v) is 2.01. The third-order valence-electron chi connectivity index (χ3n) is 2.84. The Morgan fingerprint density at radius 3 is 2.72 bits per heavy atom. The van der Waals surface area contributed by atoms with Crippen LogP contribution in [0.4, 0.5) is 0 Å². The first-order valence-corrected chi connectivity index (χ1v) is 5.43. The van der Waals surface area contributed by atoms with Gasteiger partial charge in [-0.15, -0.1) is 0 Å². The molecule has 2 aromatic carbocycles. The number of carbonyl (C=O) groups is 1. The second-order valence-electron chi connectivity index (χ2n) is 3.91. The summed E-state index contributed by atoms with van der Waals surface area (Å²) in [6.45, 7) is 0. The van der Waals surface area contributed by atoms with Crippen LogP contribution in [0.15, 0.2) is 53.3 Å². The summed E-state index contributed by atoms with van der Waals surface area (Å²) in [6, 6.07) is 13.4. The fourth-order valence-electron chi connectivity index (χ4n) is 2.01. The summed E-state index contributed by atoms with van der Waals surface area (Å²) in [6.07, 6.45) is 1.15. The molecule has 4 heteroatoms. The van der Waals surface area contributed by atoms with E-state index in [1.54, 1.807) is 0 Å². The normalized spacial score (nSPS) is 10.7. The van der Waals surface area contributed by atoms with Crippen molar-refractivity contribution in [3.8, 4) is 11.3 Å². The Labute approximate surface area is 102 Å². The lowest BCUT2D eigenvalue weighted by Gasteiger charge is -2.03. The molecule has 88 valence electrons. The predicted molar refractivity (Wildman–Crippen MR) is 66.4 cm³/mol. The van der Waals surface area contributed by atoms with Gasteiger partial charge in [-0.3, -0.25) is 0 Å². The van der Waals surface area contributed by atoms with E-state index in [9.17, 15) is 4.79 Å². The highest BCUT2D eigenvalue weighted by Gasteiger charge is 2.17. The largest absolute Gasteiger partial charge is 0.477 e. The van der Waals surface area contributed by atoms with Crippen LogP contribution in [-0.4, -0.2) is 16.2 Å². The number of nitrogens with zero attached hydrogens (tertiary/aromatic N) is 1. The molecule has 18 heavy (non-hydrogen) atoms. The maximum atomic E-state index is 11.1. The van der Waals surface area contributed by atoms with Gasteiger partial charge in [0.2, 0.25) is 0 Å². The van der Waals surface area contributed by atoms with E-state index in [0.717, 1.165) is 22.6 Å². The smallest absolute Gasteiger partial charge is 0.341 e. The molecule has 0 bridgehead atoms. The number of carboxylic acids is 1. The molecule has 0 saturated heterocycles. The Kier molecular flexibility index (Phi) is 2.34. The van der Waals surface area contributed by atoms with Crippen molar-refractivity contribution in [1.29, 1.82) is 0 Å². The van der Waals surface area contributed by atoms with Crippen LogP contribution < -0.4 is 0 Å². The van der Waals surface area contributed by atoms with Gasteiger partial charge in [-0.25, -0.2) is 4.79 Å². The highest BCUT2D eigenvalue weighted by molar-refractivity contribution is 6.02. The third kappa shape index (κ3) is 1.55. The van der Waals surface area contributed by atoms with E-state index in [-0.39, 0.29) is 5.56 Å². The Bertz CT molecular complexity index is 725. The van der Waals surface area contributed by atoms with Crippen molar-refractivity contribution in [2.24, 2.45) is 0 Å². The zero-order valence-electron chi connectivity index (χ0n) is 9.33. The third-order valence-corrected chi connectivity index (χ3v) is 2.84. The van der Waals surface area contributed by atoms with Gasteiger partial charge < -0.3 is 9.63 Å². The molecule has 0 amide bonds. The van der Waals surface area contributed by atoms with Crippen molar-refractivity contribution in [3.05, 3.63) is 54.3 Å². The zero-order chi connectivity index (χ0) is 12.5. The summed E-state index contributed by atoms with van der Waals surface area (Å²) in [5.74, 6) is -1.04. The maximum absolute atomic E-state index is 11.1. The highest BCUT2D eigenvalue weighted by atomic mass is 16.5. The number of hydrogen-bond acceptors (Lipinski definition) is 3. The molecule has 1 N–H and O–H groups in total. The molecule has 4 nitrogen and oxygen atoms in total. The van der Waals surface area contributed by atoms with E-state index in [4.69, 9.17) is 9.63 Å². The minimum atomic E-state index is -1.04. The van der Waals surface area contributed by atoms with Crippen molar-refractivity contribution in [2.75, 3.05) is 0 Å². The summed E-state index contributed by atoms with van der Waals surface area (Å²) in [4.78, 5) is 11.1. The van der Waals surface area contributed by atoms with E-state index in [1.807, 2.05) is 42.5 Å². The lowest BCUT2D eigenvalue weighted by atomic mass is 10.0. The first kappa shape index (κ1) is 10.5. The fraction of sp³-hybridized carbons (Fsp3) is 0. The molecule has 1 heterocycles. The van der Waals surface area contributed by atoms with Crippen LogP contribution in [0.2, 0.25) is 0 Å². The molecule has 0 atom stereocenters. The van der Waals surface area contributed by atoms with E-state index >= 15 is 0 Å². The Morgan fingerprint density at radius 2 is 1.89 bits per heavy atom. The number of fused-ring (bicyclic) bond motifs is 1. The molecular formula is C14H9NO3. The summed E-state index contributed by atoms with van der Waals surface area (Å²) < 4.78 is 4.78. The van der Waals surface area contributed by atoms with Gasteiger partial charge in [0, 0.05) is 5.56 Å². The summed E-state index contributed by atoms with van der Waals surface area (Å²) >= 11 is 0. The van der Waals surface area contributed by atoms with Gasteiger partial charge in [-0.2, -0.15) is 0 Å². The molecule has 1 aromatic heterocycles. The lowest BCUT2D eigenvalue weighted by molar-refractivity contribution is 0.0697. The average Bonchev–Trinajstić information content (AvgIpc) is 2.87. The number of carboxylic acid groups (broad SMARTS) is 1. The minimum Gasteiger partial charge on any atom is -0.477 e. The Hall–Kier alpha value is -2.62. The maximum Gasteiger partial charge on any atom is 0.341 e. The van der Waals surface area contributed by atoms with Crippen molar-refractivity contribution < 1.29 is 14.4 Å². The molecule has 0 spiro atoms. The lowest BCUT2D eigenvalue weighted by Crippen LogP contribution is -1.97. The van der Waals surface area contributed by atoms with Crippen LogP contribution in [0.5, 0.6) is 0 Å². The first-order chi connectivity index (χ1) is 8.77. The van der Waals surface area contributed by atoms with Crippen LogP contribution in [0.3, 0.4) is 0 Å². The summed E-state index contributed by atoms with van der Waals surface area (Å²) in [5, 5.41) is 14.9. The zero-order valence-corrected chi connectivity index (χ0v) is 9.33. The van der Waals surface area contributed by atoms with E-state index in [1.165, 1.54) is 0 Å². The van der Waals surface area contributed by atoms with Crippen LogP contribution in [-0.2, 0) is 0 Å². The SMILES string of the molecule is O=C(O)c1conc1-c1cccc2ccccc12. The number of aromatic nitrogens is 1. The van der Waals surface area contributed by atoms with Gasteiger partial charge in [0.25, 0.3) is 0 Å². The minimum absolute atomic E-state index is 0.0753. The van der Waals surface area contributed by atoms with Crippen molar-refractivity contribution >= 4 is 16.7 Å². The molecule has 3 rings (SSSR count). The predicted octanol–water partition coefficient (Wildman–Crippen LogP) is 3.19. The molecule has 0 unspecified atom stereocenters. The van der Waals surface area contributed by atoms with Gasteiger partial charge in [-0.1, -0.05) is 47.6 Å². The molecule has 0 saturated carbocycles. The monoisotopic (exact) mass is 239 g/mol. The van der Waals surface area contributed by atoms with E-state index in [2.05, 4.69) is 5.16 Å². The summed E-state index contributed by atoms with van der Waals surface area (Å²) in [5.41, 5.74) is 1.20. The van der Waals surface area contributed by atoms with Crippen molar-refractivity contribution in [2.45, 2.75) is 0 Å². The van der Waals surface area contributed by atoms with Gasteiger partial charge in [0.1, 0.15) is 17.5 Å². The Morgan fingerprint density at radius 1 is 1.11 bits per heavy atom. The second-order valence-corrected chi connectivity index (χ2v) is 3.91. The molecule has 0 radical (unpaired) electrons. The first-order valence-electron chi connectivity index (χ1n) is 5.43. The van der Waals surface area contributed by atoms with Crippen molar-refractivity contribution in [3.63, 3.8) is 0 Å². The molecular weight excluding hydrogens is 230 g/mol. The quantitative estimate of drug-likeness (QED) is 0.745. The van der Waals surface area contributed by atoms with E-state index in [0.29, 0.717) is 5.69 Å². The second kappa shape index (κ2) is 4.00. The van der Waals surface area contributed by atoms with Gasteiger partial charge in [0.15, 0.2) is 0 Å². The number of hydrogen-bond donors (Lipinski definition) is 1. The van der Waals surface area contributed by atoms with Crippen LogP contribution in [0.1, 0.15) is 10.4 Å². The molecule has 0 aliphatic rings. The molecule has 3 aromatic rings. The number of benzene rings is 2.